The Bertz CT molecular complexity index is 763. The third-order valence-electron chi connectivity index (χ3n) is 10.3. The highest BCUT2D eigenvalue weighted by Crippen LogP contribution is 2.67. The first-order chi connectivity index (χ1) is 14.3. The maximum absolute atomic E-state index is 12.1. The standard InChI is InChI=1S/C27H41NO2/c1-18(17-28-13-5-4-6-14-28)21-7-8-22-20-16-25(30)24-15-19(29)9-11-27(24,3)23(20)10-12-26(21,22)2/h15,17,20-23,25,30H,4-14,16H2,1-3H3/b18-17-/t20-,21+,22-,23-,25+,26+,27+/m0/s1. The number of piperidine rings is 1. The first-order valence-electron chi connectivity index (χ1n) is 12.7. The van der Waals surface area contributed by atoms with Crippen molar-refractivity contribution in [1.29, 1.82) is 0 Å². The predicted molar refractivity (Wildman–Crippen MR) is 121 cm³/mol. The maximum atomic E-state index is 12.1. The smallest absolute Gasteiger partial charge is 0.155 e. The molecule has 4 aliphatic carbocycles. The number of carbonyl (C=O) groups is 1. The van der Waals surface area contributed by atoms with Crippen LogP contribution in [0.2, 0.25) is 0 Å². The number of carbonyl (C=O) groups excluding carboxylic acids is 1. The van der Waals surface area contributed by atoms with E-state index < -0.39 is 6.10 Å². The highest BCUT2D eigenvalue weighted by molar-refractivity contribution is 5.91. The van der Waals surface area contributed by atoms with Gasteiger partial charge in [0.15, 0.2) is 5.78 Å². The van der Waals surface area contributed by atoms with Gasteiger partial charge in [0.25, 0.3) is 0 Å². The molecule has 1 heterocycles. The van der Waals surface area contributed by atoms with Crippen molar-refractivity contribution in [2.45, 2.75) is 91.1 Å². The molecule has 0 spiro atoms. The van der Waals surface area contributed by atoms with Crippen molar-refractivity contribution in [1.82, 2.24) is 4.90 Å². The van der Waals surface area contributed by atoms with Gasteiger partial charge < -0.3 is 10.0 Å². The van der Waals surface area contributed by atoms with Crippen LogP contribution in [0.3, 0.4) is 0 Å². The van der Waals surface area contributed by atoms with E-state index in [2.05, 4.69) is 31.9 Å². The van der Waals surface area contributed by atoms with Crippen LogP contribution >= 0.6 is 0 Å². The van der Waals surface area contributed by atoms with Crippen LogP contribution in [0.15, 0.2) is 23.4 Å². The number of hydrogen-bond donors (Lipinski definition) is 1. The summed E-state index contributed by atoms with van der Waals surface area (Å²) in [6.07, 6.45) is 15.7. The summed E-state index contributed by atoms with van der Waals surface area (Å²) in [4.78, 5) is 14.7. The van der Waals surface area contributed by atoms with Crippen LogP contribution in [0.4, 0.5) is 0 Å². The van der Waals surface area contributed by atoms with E-state index in [-0.39, 0.29) is 11.2 Å². The van der Waals surface area contributed by atoms with Crippen molar-refractivity contribution in [3.8, 4) is 0 Å². The monoisotopic (exact) mass is 411 g/mol. The molecule has 4 fully saturated rings. The summed E-state index contributed by atoms with van der Waals surface area (Å²) in [6, 6.07) is 0. The summed E-state index contributed by atoms with van der Waals surface area (Å²) in [7, 11) is 0. The molecular formula is C27H41NO2. The summed E-state index contributed by atoms with van der Waals surface area (Å²) in [6.45, 7) is 9.79. The minimum Gasteiger partial charge on any atom is -0.389 e. The molecule has 0 aromatic rings. The Labute approximate surface area is 183 Å². The molecule has 166 valence electrons. The lowest BCUT2D eigenvalue weighted by atomic mass is 9.46. The van der Waals surface area contributed by atoms with E-state index >= 15 is 0 Å². The lowest BCUT2D eigenvalue weighted by Crippen LogP contribution is -2.54. The second-order valence-corrected chi connectivity index (χ2v) is 11.8. The lowest BCUT2D eigenvalue weighted by molar-refractivity contribution is -0.119. The molecule has 5 aliphatic rings. The van der Waals surface area contributed by atoms with Crippen LogP contribution in [0.5, 0.6) is 0 Å². The van der Waals surface area contributed by atoms with Crippen molar-refractivity contribution in [3.63, 3.8) is 0 Å². The Balaban J connectivity index is 1.40. The Morgan fingerprint density at radius 2 is 1.87 bits per heavy atom. The number of aliphatic hydroxyl groups excluding tert-OH is 1. The average Bonchev–Trinajstić information content (AvgIpc) is 3.08. The van der Waals surface area contributed by atoms with Gasteiger partial charge in [-0.3, -0.25) is 4.79 Å². The molecule has 0 aromatic carbocycles. The van der Waals surface area contributed by atoms with Gasteiger partial charge in [-0.2, -0.15) is 0 Å². The fourth-order valence-corrected chi connectivity index (χ4v) is 8.78. The summed E-state index contributed by atoms with van der Waals surface area (Å²) in [5.74, 6) is 2.89. The lowest BCUT2D eigenvalue weighted by Gasteiger charge is -2.59. The molecule has 30 heavy (non-hydrogen) atoms. The van der Waals surface area contributed by atoms with Crippen molar-refractivity contribution in [2.75, 3.05) is 13.1 Å². The number of ketones is 1. The van der Waals surface area contributed by atoms with Crippen LogP contribution in [-0.4, -0.2) is 35.0 Å². The van der Waals surface area contributed by atoms with Gasteiger partial charge in [0.05, 0.1) is 6.10 Å². The maximum Gasteiger partial charge on any atom is 0.155 e. The van der Waals surface area contributed by atoms with Gasteiger partial charge in [-0.1, -0.05) is 19.4 Å². The Kier molecular flexibility index (Phi) is 5.20. The fourth-order valence-electron chi connectivity index (χ4n) is 8.78. The van der Waals surface area contributed by atoms with E-state index in [1.54, 1.807) is 5.57 Å². The molecule has 3 heteroatoms. The van der Waals surface area contributed by atoms with Gasteiger partial charge in [-0.05, 0) is 117 Å². The predicted octanol–water partition coefficient (Wildman–Crippen LogP) is 5.50. The number of rotatable bonds is 2. The number of allylic oxidation sites excluding steroid dienone is 1. The molecule has 0 radical (unpaired) electrons. The van der Waals surface area contributed by atoms with E-state index in [9.17, 15) is 9.90 Å². The van der Waals surface area contributed by atoms with Gasteiger partial charge >= 0.3 is 0 Å². The van der Waals surface area contributed by atoms with E-state index in [0.717, 1.165) is 24.3 Å². The molecule has 1 aliphatic heterocycles. The molecule has 5 rings (SSSR count). The van der Waals surface area contributed by atoms with E-state index in [1.165, 1.54) is 58.0 Å². The quantitative estimate of drug-likeness (QED) is 0.653. The molecule has 3 saturated carbocycles. The van der Waals surface area contributed by atoms with E-state index in [0.29, 0.717) is 29.6 Å². The molecule has 0 aromatic heterocycles. The zero-order valence-electron chi connectivity index (χ0n) is 19.3. The third kappa shape index (κ3) is 3.14. The van der Waals surface area contributed by atoms with Crippen LogP contribution in [0.1, 0.15) is 85.0 Å². The summed E-state index contributed by atoms with van der Waals surface area (Å²) < 4.78 is 0. The van der Waals surface area contributed by atoms with Gasteiger partial charge in [0, 0.05) is 19.5 Å². The summed E-state index contributed by atoms with van der Waals surface area (Å²) in [5.41, 5.74) is 3.08. The second kappa shape index (κ2) is 7.50. The Morgan fingerprint density at radius 3 is 2.63 bits per heavy atom. The Hall–Kier alpha value is -1.09. The zero-order chi connectivity index (χ0) is 21.1. The van der Waals surface area contributed by atoms with Gasteiger partial charge in [-0.15, -0.1) is 0 Å². The van der Waals surface area contributed by atoms with Gasteiger partial charge in [0.2, 0.25) is 0 Å². The number of aliphatic hydroxyl groups is 1. The number of nitrogens with zero attached hydrogens (tertiary/aromatic N) is 1. The van der Waals surface area contributed by atoms with Crippen molar-refractivity contribution < 1.29 is 9.90 Å². The topological polar surface area (TPSA) is 40.5 Å². The van der Waals surface area contributed by atoms with Crippen LogP contribution < -0.4 is 0 Å². The molecular weight excluding hydrogens is 370 g/mol. The minimum atomic E-state index is -0.410. The SMILES string of the molecule is C/C(=C/N1CCCCC1)[C@H]1CC[C@H]2[C@@H]3C[C@@H](O)C4=CC(=O)CC[C@]4(C)[C@H]3CC[C@]12C. The van der Waals surface area contributed by atoms with Crippen molar-refractivity contribution in [3.05, 3.63) is 23.4 Å². The molecule has 7 atom stereocenters. The first-order valence-corrected chi connectivity index (χ1v) is 12.7. The highest BCUT2D eigenvalue weighted by Gasteiger charge is 2.60. The number of likely N-dealkylation sites (tertiary alicyclic amines) is 1. The largest absolute Gasteiger partial charge is 0.389 e. The van der Waals surface area contributed by atoms with Crippen LogP contribution in [-0.2, 0) is 4.79 Å². The van der Waals surface area contributed by atoms with Crippen molar-refractivity contribution >= 4 is 5.78 Å². The molecule has 0 unspecified atom stereocenters. The third-order valence-corrected chi connectivity index (χ3v) is 10.3. The Morgan fingerprint density at radius 1 is 1.10 bits per heavy atom. The van der Waals surface area contributed by atoms with Gasteiger partial charge in [0.1, 0.15) is 0 Å². The van der Waals surface area contributed by atoms with E-state index in [1.807, 2.05) is 6.08 Å². The number of fused-ring (bicyclic) bond motifs is 5. The second-order valence-electron chi connectivity index (χ2n) is 11.8. The molecule has 0 bridgehead atoms. The minimum absolute atomic E-state index is 0.0361. The number of hydrogen-bond acceptors (Lipinski definition) is 3. The molecule has 1 saturated heterocycles. The summed E-state index contributed by atoms with van der Waals surface area (Å²) in [5, 5.41) is 11.1. The van der Waals surface area contributed by atoms with Crippen molar-refractivity contribution in [2.24, 2.45) is 34.5 Å². The average molecular weight is 412 g/mol. The fraction of sp³-hybridized carbons (Fsp3) is 0.815. The molecule has 3 nitrogen and oxygen atoms in total. The zero-order valence-corrected chi connectivity index (χ0v) is 19.3. The molecule has 0 amide bonds. The van der Waals surface area contributed by atoms with Crippen LogP contribution in [0.25, 0.3) is 0 Å². The normalized spacial score (nSPS) is 46.7. The van der Waals surface area contributed by atoms with E-state index in [4.69, 9.17) is 0 Å². The molecule has 1 N–H and O–H groups in total. The first kappa shape index (κ1) is 20.8. The summed E-state index contributed by atoms with van der Waals surface area (Å²) >= 11 is 0. The van der Waals surface area contributed by atoms with Crippen LogP contribution in [0, 0.1) is 34.5 Å². The van der Waals surface area contributed by atoms with Gasteiger partial charge in [-0.25, -0.2) is 0 Å². The highest BCUT2D eigenvalue weighted by atomic mass is 16.3.